The lowest BCUT2D eigenvalue weighted by Crippen LogP contribution is -2.43. The van der Waals surface area contributed by atoms with Crippen LogP contribution >= 0.6 is 0 Å². The molecular formula is C14H21FN2O. The Kier molecular flexibility index (Phi) is 4.19. The predicted molar refractivity (Wildman–Crippen MR) is 71.3 cm³/mol. The summed E-state index contributed by atoms with van der Waals surface area (Å²) in [5.41, 5.74) is 0.858. The van der Waals surface area contributed by atoms with Crippen molar-refractivity contribution in [3.05, 3.63) is 30.1 Å². The number of rotatable bonds is 2. The molecule has 1 aliphatic rings. The molecule has 0 aromatic heterocycles. The number of aliphatic hydroxyl groups excluding tert-OH is 1. The lowest BCUT2D eigenvalue weighted by molar-refractivity contribution is 0.206. The minimum atomic E-state index is -0.227. The Balaban J connectivity index is 2.24. The topological polar surface area (TPSA) is 26.7 Å². The molecule has 1 fully saturated rings. The molecule has 1 aromatic carbocycles. The lowest BCUT2D eigenvalue weighted by Gasteiger charge is -2.31. The van der Waals surface area contributed by atoms with Crippen molar-refractivity contribution in [2.75, 3.05) is 31.6 Å². The van der Waals surface area contributed by atoms with Gasteiger partial charge in [-0.3, -0.25) is 0 Å². The smallest absolute Gasteiger partial charge is 0.125 e. The Bertz CT molecular complexity index is 399. The Morgan fingerprint density at radius 2 is 2.22 bits per heavy atom. The molecule has 0 saturated carbocycles. The summed E-state index contributed by atoms with van der Waals surface area (Å²) in [5, 5.41) is 9.56. The van der Waals surface area contributed by atoms with Crippen LogP contribution in [0.25, 0.3) is 0 Å². The van der Waals surface area contributed by atoms with Gasteiger partial charge in [-0.15, -0.1) is 0 Å². The zero-order valence-corrected chi connectivity index (χ0v) is 11.0. The number of aliphatic hydroxyl groups is 1. The number of halogens is 1. The molecule has 2 atom stereocenters. The fraction of sp³-hybridized carbons (Fsp3) is 0.571. The van der Waals surface area contributed by atoms with Gasteiger partial charge in [0.05, 0.1) is 12.6 Å². The first-order valence-corrected chi connectivity index (χ1v) is 6.45. The minimum absolute atomic E-state index is 0.0294. The zero-order chi connectivity index (χ0) is 13.1. The van der Waals surface area contributed by atoms with Gasteiger partial charge in [0.2, 0.25) is 0 Å². The molecule has 0 bridgehead atoms. The molecule has 0 aliphatic carbocycles. The monoisotopic (exact) mass is 252 g/mol. The van der Waals surface area contributed by atoms with Crippen LogP contribution in [-0.4, -0.2) is 48.8 Å². The highest BCUT2D eigenvalue weighted by Gasteiger charge is 2.26. The SMILES string of the molecule is CC1CCN(c2cccc(F)c2)C(CO)CN1C. The Hall–Kier alpha value is -1.13. The van der Waals surface area contributed by atoms with Gasteiger partial charge < -0.3 is 14.9 Å². The zero-order valence-electron chi connectivity index (χ0n) is 11.0. The second-order valence-electron chi connectivity index (χ2n) is 5.09. The van der Waals surface area contributed by atoms with Gasteiger partial charge >= 0.3 is 0 Å². The first-order valence-electron chi connectivity index (χ1n) is 6.45. The molecule has 3 nitrogen and oxygen atoms in total. The van der Waals surface area contributed by atoms with Crippen molar-refractivity contribution in [1.29, 1.82) is 0 Å². The molecule has 1 N–H and O–H groups in total. The van der Waals surface area contributed by atoms with Crippen LogP contribution < -0.4 is 4.90 Å². The minimum Gasteiger partial charge on any atom is -0.394 e. The van der Waals surface area contributed by atoms with E-state index in [1.54, 1.807) is 12.1 Å². The largest absolute Gasteiger partial charge is 0.394 e. The third-order valence-corrected chi connectivity index (χ3v) is 3.83. The number of hydrogen-bond donors (Lipinski definition) is 1. The molecule has 100 valence electrons. The van der Waals surface area contributed by atoms with E-state index in [0.29, 0.717) is 6.04 Å². The average Bonchev–Trinajstić information content (AvgIpc) is 2.50. The van der Waals surface area contributed by atoms with Crippen LogP contribution in [0.3, 0.4) is 0 Å². The highest BCUT2D eigenvalue weighted by molar-refractivity contribution is 5.48. The Morgan fingerprint density at radius 1 is 1.44 bits per heavy atom. The highest BCUT2D eigenvalue weighted by Crippen LogP contribution is 2.22. The van der Waals surface area contributed by atoms with Crippen molar-refractivity contribution in [3.8, 4) is 0 Å². The van der Waals surface area contributed by atoms with Crippen LogP contribution in [0.1, 0.15) is 13.3 Å². The second kappa shape index (κ2) is 5.67. The van der Waals surface area contributed by atoms with Crippen LogP contribution in [0.5, 0.6) is 0 Å². The number of benzene rings is 1. The summed E-state index contributed by atoms with van der Waals surface area (Å²) < 4.78 is 13.3. The normalized spacial score (nSPS) is 26.1. The van der Waals surface area contributed by atoms with Crippen LogP contribution in [-0.2, 0) is 0 Å². The number of likely N-dealkylation sites (N-methyl/N-ethyl adjacent to an activating group) is 1. The fourth-order valence-corrected chi connectivity index (χ4v) is 2.49. The van der Waals surface area contributed by atoms with Crippen molar-refractivity contribution in [3.63, 3.8) is 0 Å². The van der Waals surface area contributed by atoms with Crippen molar-refractivity contribution in [1.82, 2.24) is 4.90 Å². The summed E-state index contributed by atoms with van der Waals surface area (Å²) in [4.78, 5) is 4.36. The first kappa shape index (κ1) is 13.3. The first-order chi connectivity index (χ1) is 8.61. The van der Waals surface area contributed by atoms with E-state index in [0.717, 1.165) is 25.2 Å². The number of anilines is 1. The van der Waals surface area contributed by atoms with E-state index in [2.05, 4.69) is 23.8 Å². The van der Waals surface area contributed by atoms with Gasteiger partial charge in [-0.1, -0.05) is 6.07 Å². The maximum Gasteiger partial charge on any atom is 0.125 e. The fourth-order valence-electron chi connectivity index (χ4n) is 2.49. The molecule has 1 heterocycles. The average molecular weight is 252 g/mol. The van der Waals surface area contributed by atoms with Gasteiger partial charge in [0, 0.05) is 24.8 Å². The molecule has 18 heavy (non-hydrogen) atoms. The van der Waals surface area contributed by atoms with Crippen molar-refractivity contribution < 1.29 is 9.50 Å². The van der Waals surface area contributed by atoms with Gasteiger partial charge in [-0.05, 0) is 38.6 Å². The maximum atomic E-state index is 13.3. The van der Waals surface area contributed by atoms with E-state index in [1.807, 2.05) is 6.07 Å². The third-order valence-electron chi connectivity index (χ3n) is 3.83. The molecule has 1 aromatic rings. The Morgan fingerprint density at radius 3 is 2.89 bits per heavy atom. The molecule has 0 spiro atoms. The summed E-state index contributed by atoms with van der Waals surface area (Å²) >= 11 is 0. The lowest BCUT2D eigenvalue weighted by atomic mass is 10.2. The highest BCUT2D eigenvalue weighted by atomic mass is 19.1. The van der Waals surface area contributed by atoms with Gasteiger partial charge in [0.1, 0.15) is 5.82 Å². The van der Waals surface area contributed by atoms with Gasteiger partial charge in [-0.2, -0.15) is 0 Å². The van der Waals surface area contributed by atoms with Gasteiger partial charge in [-0.25, -0.2) is 4.39 Å². The van der Waals surface area contributed by atoms with E-state index in [1.165, 1.54) is 6.07 Å². The molecule has 1 aliphatic heterocycles. The quantitative estimate of drug-likeness (QED) is 0.868. The number of nitrogens with zero attached hydrogens (tertiary/aromatic N) is 2. The summed E-state index contributed by atoms with van der Waals surface area (Å²) in [7, 11) is 2.07. The molecule has 0 radical (unpaired) electrons. The molecule has 2 unspecified atom stereocenters. The molecule has 1 saturated heterocycles. The van der Waals surface area contributed by atoms with Gasteiger partial charge in [0.15, 0.2) is 0 Å². The summed E-state index contributed by atoms with van der Waals surface area (Å²) in [6.45, 7) is 3.92. The predicted octanol–water partition coefficient (Wildman–Crippen LogP) is 1.72. The van der Waals surface area contributed by atoms with Crippen molar-refractivity contribution in [2.24, 2.45) is 0 Å². The van der Waals surface area contributed by atoms with Crippen molar-refractivity contribution >= 4 is 5.69 Å². The van der Waals surface area contributed by atoms with E-state index in [4.69, 9.17) is 0 Å². The Labute approximate surface area is 108 Å². The van der Waals surface area contributed by atoms with Crippen LogP contribution in [0.2, 0.25) is 0 Å². The maximum absolute atomic E-state index is 13.3. The van der Waals surface area contributed by atoms with Gasteiger partial charge in [0.25, 0.3) is 0 Å². The summed E-state index contributed by atoms with van der Waals surface area (Å²) in [6.07, 6.45) is 1.02. The van der Waals surface area contributed by atoms with Crippen LogP contribution in [0, 0.1) is 5.82 Å². The van der Waals surface area contributed by atoms with E-state index in [-0.39, 0.29) is 18.5 Å². The standard InChI is InChI=1S/C14H21FN2O/c1-11-6-7-17(14(10-18)9-16(11)2)13-5-3-4-12(15)8-13/h3-5,8,11,14,18H,6-7,9-10H2,1-2H3. The molecular weight excluding hydrogens is 231 g/mol. The molecule has 2 rings (SSSR count). The van der Waals surface area contributed by atoms with Crippen LogP contribution in [0.4, 0.5) is 10.1 Å². The van der Waals surface area contributed by atoms with E-state index in [9.17, 15) is 9.50 Å². The summed E-state index contributed by atoms with van der Waals surface area (Å²) in [6, 6.07) is 7.13. The van der Waals surface area contributed by atoms with Crippen molar-refractivity contribution in [2.45, 2.75) is 25.4 Å². The number of hydrogen-bond acceptors (Lipinski definition) is 3. The van der Waals surface area contributed by atoms with Crippen LogP contribution in [0.15, 0.2) is 24.3 Å². The molecule has 4 heteroatoms. The third kappa shape index (κ3) is 2.82. The van der Waals surface area contributed by atoms with E-state index < -0.39 is 0 Å². The summed E-state index contributed by atoms with van der Waals surface area (Å²) in [5.74, 6) is -0.227. The van der Waals surface area contributed by atoms with E-state index >= 15 is 0 Å². The second-order valence-corrected chi connectivity index (χ2v) is 5.09. The molecule has 0 amide bonds.